The van der Waals surface area contributed by atoms with Gasteiger partial charge in [0.1, 0.15) is 6.04 Å². The summed E-state index contributed by atoms with van der Waals surface area (Å²) in [4.78, 5) is 26.1. The molecule has 0 bridgehead atoms. The molecule has 1 heterocycles. The second kappa shape index (κ2) is 5.46. The lowest BCUT2D eigenvalue weighted by Gasteiger charge is -2.12. The van der Waals surface area contributed by atoms with E-state index in [-0.39, 0.29) is 10.6 Å². The minimum Gasteiger partial charge on any atom is -0.480 e. The van der Waals surface area contributed by atoms with Crippen LogP contribution >= 0.6 is 11.6 Å². The molecule has 0 saturated heterocycles. The molecule has 0 fully saturated rings. The molecular formula is C10H11ClN2O3. The van der Waals surface area contributed by atoms with Crippen molar-refractivity contribution in [2.24, 2.45) is 0 Å². The van der Waals surface area contributed by atoms with Crippen LogP contribution in [-0.4, -0.2) is 28.0 Å². The lowest BCUT2D eigenvalue weighted by molar-refractivity contribution is -0.139. The SMILES string of the molecule is CCC(NC(=O)c1ccncc1Cl)C(=O)O. The number of hydrogen-bond donors (Lipinski definition) is 2. The number of halogens is 1. The maximum atomic E-state index is 11.7. The highest BCUT2D eigenvalue weighted by molar-refractivity contribution is 6.33. The summed E-state index contributed by atoms with van der Waals surface area (Å²) in [6.45, 7) is 1.67. The van der Waals surface area contributed by atoms with Crippen LogP contribution in [0.4, 0.5) is 0 Å². The Hall–Kier alpha value is -1.62. The largest absolute Gasteiger partial charge is 0.480 e. The van der Waals surface area contributed by atoms with Crippen LogP contribution in [-0.2, 0) is 4.79 Å². The lowest BCUT2D eigenvalue weighted by atomic mass is 10.2. The van der Waals surface area contributed by atoms with Gasteiger partial charge in [-0.3, -0.25) is 9.78 Å². The molecular weight excluding hydrogens is 232 g/mol. The zero-order chi connectivity index (χ0) is 12.1. The maximum Gasteiger partial charge on any atom is 0.326 e. The van der Waals surface area contributed by atoms with Gasteiger partial charge in [0.25, 0.3) is 5.91 Å². The standard InChI is InChI=1S/C10H11ClN2O3/c1-2-8(10(15)16)13-9(14)6-3-4-12-5-7(6)11/h3-5,8H,2H2,1H3,(H,13,14)(H,15,16). The molecule has 86 valence electrons. The van der Waals surface area contributed by atoms with Crippen LogP contribution < -0.4 is 5.32 Å². The van der Waals surface area contributed by atoms with Gasteiger partial charge in [-0.05, 0) is 12.5 Å². The molecule has 1 aromatic rings. The average Bonchev–Trinajstić information content (AvgIpc) is 2.25. The van der Waals surface area contributed by atoms with Gasteiger partial charge in [-0.25, -0.2) is 4.79 Å². The van der Waals surface area contributed by atoms with Crippen LogP contribution in [0.5, 0.6) is 0 Å². The first-order chi connectivity index (χ1) is 7.56. The van der Waals surface area contributed by atoms with E-state index in [1.807, 2.05) is 0 Å². The van der Waals surface area contributed by atoms with Crippen LogP contribution in [0.3, 0.4) is 0 Å². The van der Waals surface area contributed by atoms with Crippen molar-refractivity contribution in [2.75, 3.05) is 0 Å². The first-order valence-electron chi connectivity index (χ1n) is 4.69. The van der Waals surface area contributed by atoms with Crippen molar-refractivity contribution >= 4 is 23.5 Å². The summed E-state index contributed by atoms with van der Waals surface area (Å²) in [5.74, 6) is -1.58. The molecule has 1 rings (SSSR count). The zero-order valence-electron chi connectivity index (χ0n) is 8.61. The van der Waals surface area contributed by atoms with Crippen molar-refractivity contribution in [2.45, 2.75) is 19.4 Å². The lowest BCUT2D eigenvalue weighted by Crippen LogP contribution is -2.40. The number of aliphatic carboxylic acids is 1. The molecule has 0 aliphatic heterocycles. The van der Waals surface area contributed by atoms with Crippen LogP contribution in [0.1, 0.15) is 23.7 Å². The molecule has 0 aromatic carbocycles. The summed E-state index contributed by atoms with van der Waals surface area (Å²) < 4.78 is 0. The molecule has 6 heteroatoms. The van der Waals surface area contributed by atoms with Crippen LogP contribution in [0.25, 0.3) is 0 Å². The third-order valence-electron chi connectivity index (χ3n) is 2.03. The average molecular weight is 243 g/mol. The fourth-order valence-electron chi connectivity index (χ4n) is 1.13. The van der Waals surface area contributed by atoms with E-state index in [9.17, 15) is 9.59 Å². The van der Waals surface area contributed by atoms with Crippen molar-refractivity contribution in [1.29, 1.82) is 0 Å². The Kier molecular flexibility index (Phi) is 4.25. The molecule has 1 amide bonds. The second-order valence-corrected chi connectivity index (χ2v) is 3.54. The molecule has 2 N–H and O–H groups in total. The van der Waals surface area contributed by atoms with Gasteiger partial charge in [0.2, 0.25) is 0 Å². The number of nitrogens with one attached hydrogen (secondary N) is 1. The molecule has 1 atom stereocenters. The number of hydrogen-bond acceptors (Lipinski definition) is 3. The smallest absolute Gasteiger partial charge is 0.326 e. The Morgan fingerprint density at radius 2 is 2.31 bits per heavy atom. The number of pyridine rings is 1. The van der Waals surface area contributed by atoms with Crippen molar-refractivity contribution in [1.82, 2.24) is 10.3 Å². The fourth-order valence-corrected chi connectivity index (χ4v) is 1.34. The molecule has 5 nitrogen and oxygen atoms in total. The van der Waals surface area contributed by atoms with E-state index >= 15 is 0 Å². The summed E-state index contributed by atoms with van der Waals surface area (Å²) in [7, 11) is 0. The topological polar surface area (TPSA) is 79.3 Å². The number of nitrogens with zero attached hydrogens (tertiary/aromatic N) is 1. The van der Waals surface area contributed by atoms with E-state index in [1.54, 1.807) is 6.92 Å². The van der Waals surface area contributed by atoms with Gasteiger partial charge in [-0.15, -0.1) is 0 Å². The van der Waals surface area contributed by atoms with E-state index in [0.717, 1.165) is 0 Å². The first kappa shape index (κ1) is 12.4. The third kappa shape index (κ3) is 2.93. The predicted octanol–water partition coefficient (Wildman–Crippen LogP) is 1.33. The van der Waals surface area contributed by atoms with E-state index in [0.29, 0.717) is 6.42 Å². The number of amides is 1. The normalized spacial score (nSPS) is 11.9. The van der Waals surface area contributed by atoms with E-state index in [4.69, 9.17) is 16.7 Å². The van der Waals surface area contributed by atoms with Crippen molar-refractivity contribution in [3.8, 4) is 0 Å². The Balaban J connectivity index is 2.80. The van der Waals surface area contributed by atoms with E-state index in [1.165, 1.54) is 18.5 Å². The van der Waals surface area contributed by atoms with Crippen LogP contribution in [0, 0.1) is 0 Å². The summed E-state index contributed by atoms with van der Waals surface area (Å²) in [5.41, 5.74) is 0.219. The summed E-state index contributed by atoms with van der Waals surface area (Å²) >= 11 is 5.75. The second-order valence-electron chi connectivity index (χ2n) is 3.13. The number of carboxylic acids is 1. The van der Waals surface area contributed by atoms with Gasteiger partial charge in [-0.2, -0.15) is 0 Å². The van der Waals surface area contributed by atoms with Crippen molar-refractivity contribution in [3.05, 3.63) is 29.0 Å². The highest BCUT2D eigenvalue weighted by Crippen LogP contribution is 2.13. The monoisotopic (exact) mass is 242 g/mol. The Morgan fingerprint density at radius 3 is 2.81 bits per heavy atom. The first-order valence-corrected chi connectivity index (χ1v) is 5.07. The Bertz CT molecular complexity index is 409. The summed E-state index contributed by atoms with van der Waals surface area (Å²) in [6, 6.07) is 0.531. The van der Waals surface area contributed by atoms with Gasteiger partial charge in [-0.1, -0.05) is 18.5 Å². The van der Waals surface area contributed by atoms with Gasteiger partial charge in [0, 0.05) is 12.4 Å². The van der Waals surface area contributed by atoms with Gasteiger partial charge < -0.3 is 10.4 Å². The summed E-state index contributed by atoms with van der Waals surface area (Å²) in [6.07, 6.45) is 3.06. The zero-order valence-corrected chi connectivity index (χ0v) is 9.36. The number of carbonyl (C=O) groups excluding carboxylic acids is 1. The quantitative estimate of drug-likeness (QED) is 0.835. The van der Waals surface area contributed by atoms with E-state index < -0.39 is 17.9 Å². The van der Waals surface area contributed by atoms with Gasteiger partial charge >= 0.3 is 5.97 Å². The van der Waals surface area contributed by atoms with Gasteiger partial charge in [0.15, 0.2) is 0 Å². The molecule has 0 spiro atoms. The molecule has 0 aliphatic carbocycles. The minimum atomic E-state index is -1.07. The number of carboxylic acid groups (broad SMARTS) is 1. The molecule has 0 aliphatic rings. The Labute approximate surface area is 97.4 Å². The summed E-state index contributed by atoms with van der Waals surface area (Å²) in [5, 5.41) is 11.3. The molecule has 0 saturated carbocycles. The third-order valence-corrected chi connectivity index (χ3v) is 2.33. The van der Waals surface area contributed by atoms with Crippen molar-refractivity contribution < 1.29 is 14.7 Å². The highest BCUT2D eigenvalue weighted by Gasteiger charge is 2.19. The minimum absolute atomic E-state index is 0.195. The number of carbonyl (C=O) groups is 2. The number of aromatic nitrogens is 1. The van der Waals surface area contributed by atoms with Crippen LogP contribution in [0.15, 0.2) is 18.5 Å². The Morgan fingerprint density at radius 1 is 1.62 bits per heavy atom. The predicted molar refractivity (Wildman–Crippen MR) is 58.4 cm³/mol. The maximum absolute atomic E-state index is 11.7. The molecule has 16 heavy (non-hydrogen) atoms. The fraction of sp³-hybridized carbons (Fsp3) is 0.300. The van der Waals surface area contributed by atoms with Crippen molar-refractivity contribution in [3.63, 3.8) is 0 Å². The molecule has 1 unspecified atom stereocenters. The van der Waals surface area contributed by atoms with E-state index in [2.05, 4.69) is 10.3 Å². The van der Waals surface area contributed by atoms with Crippen LogP contribution in [0.2, 0.25) is 5.02 Å². The molecule has 1 aromatic heterocycles. The van der Waals surface area contributed by atoms with Gasteiger partial charge in [0.05, 0.1) is 10.6 Å². The number of rotatable bonds is 4. The molecule has 0 radical (unpaired) electrons. The highest BCUT2D eigenvalue weighted by atomic mass is 35.5.